The third-order valence-electron chi connectivity index (χ3n) is 11.2. The molecule has 3 aromatic carbocycles. The summed E-state index contributed by atoms with van der Waals surface area (Å²) >= 11 is 0. The molecule has 19 heteroatoms. The van der Waals surface area contributed by atoms with Gasteiger partial charge < -0.3 is 57.9 Å². The first-order chi connectivity index (χ1) is 31.8. The summed E-state index contributed by atoms with van der Waals surface area (Å²) in [5, 5.41) is 31.5. The Morgan fingerprint density at radius 2 is 1.55 bits per heavy atom. The van der Waals surface area contributed by atoms with Gasteiger partial charge in [0, 0.05) is 43.2 Å². The summed E-state index contributed by atoms with van der Waals surface area (Å²) in [4.78, 5) is 81.0. The van der Waals surface area contributed by atoms with Gasteiger partial charge in [-0.05, 0) is 80.1 Å². The molecule has 67 heavy (non-hydrogen) atoms. The van der Waals surface area contributed by atoms with Crippen molar-refractivity contribution in [2.24, 2.45) is 17.2 Å². The Hall–Kier alpha value is -7.14. The van der Waals surface area contributed by atoms with Crippen LogP contribution in [-0.4, -0.2) is 114 Å². The van der Waals surface area contributed by atoms with Crippen molar-refractivity contribution >= 4 is 29.5 Å². The lowest BCUT2D eigenvalue weighted by molar-refractivity contribution is -0.141. The molecule has 5 amide bonds. The summed E-state index contributed by atoms with van der Waals surface area (Å²) in [6, 6.07) is 12.2. The molecular formula is C48H61N11O8. The lowest BCUT2D eigenvalue weighted by Crippen LogP contribution is -2.56. The maximum atomic E-state index is 14.7. The Kier molecular flexibility index (Phi) is 17.0. The predicted octanol–water partition coefficient (Wildman–Crippen LogP) is 1.94. The van der Waals surface area contributed by atoms with Crippen molar-refractivity contribution in [3.63, 3.8) is 0 Å². The second-order valence-corrected chi connectivity index (χ2v) is 17.3. The van der Waals surface area contributed by atoms with Gasteiger partial charge in [-0.25, -0.2) is 9.97 Å². The Balaban J connectivity index is 1.59. The number of phenols is 1. The number of hydrogen-bond donors (Lipinski definition) is 8. The average molecular weight is 920 g/mol. The van der Waals surface area contributed by atoms with Crippen molar-refractivity contribution in [2.45, 2.75) is 84.0 Å². The van der Waals surface area contributed by atoms with E-state index < -0.39 is 53.7 Å². The molecule has 4 aromatic rings. The number of aromatic hydroxyl groups is 1. The number of aryl methyl sites for hydroxylation is 2. The molecule has 4 unspecified atom stereocenters. The maximum Gasteiger partial charge on any atom is 0.255 e. The number of benzene rings is 3. The van der Waals surface area contributed by atoms with E-state index in [1.807, 2.05) is 30.3 Å². The number of nitriles is 1. The molecule has 1 aromatic heterocycles. The lowest BCUT2D eigenvalue weighted by atomic mass is 9.86. The SMILES string of the molecule is Cc1nc(-c2ccc(C(C)(C)C)cc2)nc(C)c1C(=O)NC(CCN)C(=O)N(C)C1C(=O)NC(C)C(=O)NC(C(=O)NCC#N)Cc2cc(OCCN)c(O)c(c2)-c2cc1ccc2OCCN. The van der Waals surface area contributed by atoms with Gasteiger partial charge in [-0.1, -0.05) is 51.1 Å². The number of hydrogen-bond acceptors (Lipinski definition) is 14. The fourth-order valence-electron chi connectivity index (χ4n) is 7.71. The number of carbonyl (C=O) groups excluding carboxylic acids is 5. The van der Waals surface area contributed by atoms with Crippen molar-refractivity contribution in [2.75, 3.05) is 46.4 Å². The molecule has 1 aliphatic heterocycles. The molecule has 0 aliphatic carbocycles. The molecule has 1 aliphatic rings. The normalized spacial score (nSPS) is 16.6. The Labute approximate surface area is 390 Å². The molecule has 19 nitrogen and oxygen atoms in total. The van der Waals surface area contributed by atoms with Gasteiger partial charge in [0.05, 0.1) is 23.0 Å². The second-order valence-electron chi connectivity index (χ2n) is 17.3. The first-order valence-electron chi connectivity index (χ1n) is 22.0. The zero-order chi connectivity index (χ0) is 49.2. The van der Waals surface area contributed by atoms with E-state index in [0.29, 0.717) is 22.8 Å². The van der Waals surface area contributed by atoms with E-state index in [1.165, 1.54) is 20.0 Å². The second kappa shape index (κ2) is 22.4. The lowest BCUT2D eigenvalue weighted by Gasteiger charge is -2.32. The van der Waals surface area contributed by atoms with Gasteiger partial charge in [0.2, 0.25) is 23.6 Å². The molecule has 356 valence electrons. The largest absolute Gasteiger partial charge is 0.504 e. The van der Waals surface area contributed by atoms with Crippen molar-refractivity contribution < 1.29 is 38.6 Å². The van der Waals surface area contributed by atoms with Gasteiger partial charge in [-0.15, -0.1) is 0 Å². The zero-order valence-corrected chi connectivity index (χ0v) is 39.0. The number of likely N-dealkylation sites (N-methyl/N-ethyl adjacent to an activating group) is 1. The summed E-state index contributed by atoms with van der Waals surface area (Å²) < 4.78 is 11.9. The highest BCUT2D eigenvalue weighted by Crippen LogP contribution is 2.44. The summed E-state index contributed by atoms with van der Waals surface area (Å²) in [5.74, 6) is -3.26. The quantitative estimate of drug-likeness (QED) is 0.0791. The van der Waals surface area contributed by atoms with Gasteiger partial charge >= 0.3 is 0 Å². The smallest absolute Gasteiger partial charge is 0.255 e. The molecule has 0 saturated carbocycles. The molecule has 0 fully saturated rings. The van der Waals surface area contributed by atoms with Crippen molar-refractivity contribution in [3.8, 4) is 45.8 Å². The van der Waals surface area contributed by atoms with Gasteiger partial charge in [-0.2, -0.15) is 5.26 Å². The summed E-state index contributed by atoms with van der Waals surface area (Å²) in [6.45, 7) is 11.1. The van der Waals surface area contributed by atoms with Crippen LogP contribution >= 0.6 is 0 Å². The molecular weight excluding hydrogens is 859 g/mol. The topological polar surface area (TPSA) is 303 Å². The minimum absolute atomic E-state index is 0.00155. The maximum absolute atomic E-state index is 14.7. The van der Waals surface area contributed by atoms with Crippen LogP contribution in [0.25, 0.3) is 22.5 Å². The number of rotatable bonds is 15. The highest BCUT2D eigenvalue weighted by Gasteiger charge is 2.37. The van der Waals surface area contributed by atoms with Crippen LogP contribution in [0.5, 0.6) is 17.2 Å². The van der Waals surface area contributed by atoms with E-state index in [2.05, 4.69) is 52.0 Å². The fraction of sp³-hybridized carbons (Fsp3) is 0.417. The number of ether oxygens (including phenoxy) is 2. The zero-order valence-electron chi connectivity index (χ0n) is 39.0. The molecule has 0 spiro atoms. The first kappa shape index (κ1) is 50.9. The molecule has 4 atom stereocenters. The number of aromatic nitrogens is 2. The first-order valence-corrected chi connectivity index (χ1v) is 22.0. The van der Waals surface area contributed by atoms with Crippen LogP contribution in [0.4, 0.5) is 0 Å². The van der Waals surface area contributed by atoms with E-state index in [1.54, 1.807) is 38.1 Å². The van der Waals surface area contributed by atoms with E-state index in [4.69, 9.17) is 26.7 Å². The van der Waals surface area contributed by atoms with Crippen LogP contribution < -0.4 is 47.9 Å². The van der Waals surface area contributed by atoms with E-state index in [0.717, 1.165) is 16.0 Å². The summed E-state index contributed by atoms with van der Waals surface area (Å²) in [5.41, 5.74) is 21.4. The van der Waals surface area contributed by atoms with Crippen LogP contribution in [0, 0.1) is 25.2 Å². The number of amides is 5. The fourth-order valence-corrected chi connectivity index (χ4v) is 7.71. The third kappa shape index (κ3) is 12.2. The number of phenolic OH excluding ortho intramolecular Hbond substituents is 1. The Bertz CT molecular complexity index is 2500. The summed E-state index contributed by atoms with van der Waals surface area (Å²) in [6.07, 6.45) is -0.165. The molecule has 11 N–H and O–H groups in total. The van der Waals surface area contributed by atoms with Gasteiger partial charge in [0.15, 0.2) is 17.3 Å². The van der Waals surface area contributed by atoms with Crippen LogP contribution in [0.3, 0.4) is 0 Å². The molecule has 5 rings (SSSR count). The molecule has 2 heterocycles. The summed E-state index contributed by atoms with van der Waals surface area (Å²) in [7, 11) is 1.38. The predicted molar refractivity (Wildman–Crippen MR) is 251 cm³/mol. The van der Waals surface area contributed by atoms with E-state index in [9.17, 15) is 34.3 Å². The monoisotopic (exact) mass is 919 g/mol. The van der Waals surface area contributed by atoms with Gasteiger partial charge in [-0.3, -0.25) is 24.0 Å². The minimum atomic E-state index is -1.48. The molecule has 0 radical (unpaired) electrons. The average Bonchev–Trinajstić information content (AvgIpc) is 3.28. The van der Waals surface area contributed by atoms with E-state index in [-0.39, 0.29) is 97.2 Å². The number of nitrogens with zero attached hydrogens (tertiary/aromatic N) is 4. The van der Waals surface area contributed by atoms with Crippen LogP contribution in [-0.2, 0) is 31.0 Å². The minimum Gasteiger partial charge on any atom is -0.504 e. The van der Waals surface area contributed by atoms with Crippen molar-refractivity contribution in [1.82, 2.24) is 36.1 Å². The Morgan fingerprint density at radius 1 is 0.910 bits per heavy atom. The van der Waals surface area contributed by atoms with Crippen LogP contribution in [0.15, 0.2) is 54.6 Å². The van der Waals surface area contributed by atoms with E-state index >= 15 is 0 Å². The molecule has 4 bridgehead atoms. The van der Waals surface area contributed by atoms with Gasteiger partial charge in [0.1, 0.15) is 49.7 Å². The van der Waals surface area contributed by atoms with Crippen LogP contribution in [0.1, 0.15) is 78.6 Å². The van der Waals surface area contributed by atoms with Crippen molar-refractivity contribution in [1.29, 1.82) is 5.26 Å². The highest BCUT2D eigenvalue weighted by atomic mass is 16.5. The number of nitrogens with one attached hydrogen (secondary N) is 4. The number of carbonyl (C=O) groups is 5. The van der Waals surface area contributed by atoms with Gasteiger partial charge in [0.25, 0.3) is 5.91 Å². The standard InChI is InChI=1S/C48H61N11O8/c1-26-39(27(2)55-42(54-26)30-8-11-32(12-9-30)48(4,5)6)45(63)57-35(14-15-49)47(65)59(7)40-31-10-13-37(66-20-17-51)33(25-31)34-22-29(24-38(41(34)60)67-21-18-52)23-36(44(62)53-19-16-50)58-43(61)28(3)56-46(40)64/h8-13,22,24-25,28,35-36,40,60H,14-15,17-21,23,49,51-52H2,1-7H3,(H,53,62)(H,56,64)(H,57,63)(H,58,61). The van der Waals surface area contributed by atoms with Crippen LogP contribution in [0.2, 0.25) is 0 Å². The van der Waals surface area contributed by atoms with Crippen molar-refractivity contribution in [3.05, 3.63) is 88.2 Å². The molecule has 0 saturated heterocycles. The number of fused-ring (bicyclic) bond motifs is 5. The highest BCUT2D eigenvalue weighted by molar-refractivity contribution is 6.00. The number of nitrogens with two attached hydrogens (primary N) is 3. The Morgan fingerprint density at radius 3 is 2.15 bits per heavy atom. The third-order valence-corrected chi connectivity index (χ3v) is 11.2.